The molecule has 5 nitrogen and oxygen atoms in total. The number of allylic oxidation sites excluding steroid dienone is 3. The first-order chi connectivity index (χ1) is 5.23. The molecule has 1 aliphatic rings. The van der Waals surface area contributed by atoms with E-state index in [1.807, 2.05) is 18.2 Å². The van der Waals surface area contributed by atoms with Gasteiger partial charge in [0.1, 0.15) is 0 Å². The summed E-state index contributed by atoms with van der Waals surface area (Å²) in [6, 6.07) is 0. The van der Waals surface area contributed by atoms with Crippen LogP contribution < -0.4 is 5.43 Å². The number of hydrogen-bond donors (Lipinski definition) is 3. The van der Waals surface area contributed by atoms with Crippen molar-refractivity contribution in [3.05, 3.63) is 24.4 Å². The van der Waals surface area contributed by atoms with Crippen LogP contribution in [0.3, 0.4) is 0 Å². The minimum atomic E-state index is -1.83. The molecule has 3 N–H and O–H groups in total. The van der Waals surface area contributed by atoms with Gasteiger partial charge in [0.2, 0.25) is 0 Å². The maximum atomic E-state index is 8.56. The molecule has 0 fully saturated rings. The Morgan fingerprint density at radius 1 is 1.27 bits per heavy atom. The van der Waals surface area contributed by atoms with Crippen LogP contribution in [0.1, 0.15) is 0 Å². The summed E-state index contributed by atoms with van der Waals surface area (Å²) in [5, 5.41) is 17.7. The summed E-state index contributed by atoms with van der Waals surface area (Å²) in [4.78, 5) is 8.56. The van der Waals surface area contributed by atoms with E-state index < -0.39 is 6.16 Å². The van der Waals surface area contributed by atoms with E-state index in [1.54, 1.807) is 12.4 Å². The lowest BCUT2D eigenvalue weighted by Gasteiger charge is -1.78. The van der Waals surface area contributed by atoms with Gasteiger partial charge in [-0.2, -0.15) is 5.10 Å². The van der Waals surface area contributed by atoms with Gasteiger partial charge in [-0.3, -0.25) is 5.43 Å². The van der Waals surface area contributed by atoms with E-state index >= 15 is 0 Å². The zero-order chi connectivity index (χ0) is 8.53. The molecule has 0 spiro atoms. The first-order valence-electron chi connectivity index (χ1n) is 2.76. The second kappa shape index (κ2) is 6.34. The molecule has 60 valence electrons. The van der Waals surface area contributed by atoms with Gasteiger partial charge in [0.05, 0.1) is 0 Å². The number of nitrogens with zero attached hydrogens (tertiary/aromatic N) is 1. The number of carbonyl (C=O) groups is 1. The summed E-state index contributed by atoms with van der Waals surface area (Å²) in [7, 11) is 0. The molecule has 0 aromatic heterocycles. The number of nitrogens with one attached hydrogen (secondary N) is 1. The highest BCUT2D eigenvalue weighted by Crippen LogP contribution is 1.76. The van der Waals surface area contributed by atoms with Crippen LogP contribution >= 0.6 is 0 Å². The minimum absolute atomic E-state index is 1.69. The Kier molecular flexibility index (Phi) is 5.32. The second-order valence-electron chi connectivity index (χ2n) is 1.43. The van der Waals surface area contributed by atoms with Gasteiger partial charge < -0.3 is 10.2 Å². The van der Waals surface area contributed by atoms with Gasteiger partial charge >= 0.3 is 6.16 Å². The van der Waals surface area contributed by atoms with E-state index in [9.17, 15) is 0 Å². The Hall–Kier alpha value is -1.78. The van der Waals surface area contributed by atoms with Gasteiger partial charge in [0, 0.05) is 12.4 Å². The van der Waals surface area contributed by atoms with Crippen molar-refractivity contribution >= 4 is 12.4 Å². The minimum Gasteiger partial charge on any atom is -0.450 e. The van der Waals surface area contributed by atoms with Crippen LogP contribution in [-0.2, 0) is 0 Å². The van der Waals surface area contributed by atoms with Crippen molar-refractivity contribution < 1.29 is 15.0 Å². The number of hydrogen-bond acceptors (Lipinski definition) is 3. The molecule has 1 rings (SSSR count). The van der Waals surface area contributed by atoms with Crippen LogP contribution in [0.5, 0.6) is 0 Å². The van der Waals surface area contributed by atoms with Crippen molar-refractivity contribution in [2.45, 2.75) is 0 Å². The molecule has 0 amide bonds. The Balaban J connectivity index is 0.000000218. The van der Waals surface area contributed by atoms with Gasteiger partial charge in [0.25, 0.3) is 0 Å². The van der Waals surface area contributed by atoms with Crippen molar-refractivity contribution in [2.75, 3.05) is 0 Å². The fraction of sp³-hybridized carbons (Fsp3) is 0. The van der Waals surface area contributed by atoms with Gasteiger partial charge in [-0.1, -0.05) is 6.08 Å². The highest BCUT2D eigenvalue weighted by Gasteiger charge is 1.70. The van der Waals surface area contributed by atoms with Gasteiger partial charge in [-0.15, -0.1) is 0 Å². The Morgan fingerprint density at radius 3 is 2.55 bits per heavy atom. The topological polar surface area (TPSA) is 81.9 Å². The quantitative estimate of drug-likeness (QED) is 0.486. The summed E-state index contributed by atoms with van der Waals surface area (Å²) >= 11 is 0. The summed E-state index contributed by atoms with van der Waals surface area (Å²) in [6.45, 7) is 0. The van der Waals surface area contributed by atoms with Gasteiger partial charge in [0.15, 0.2) is 0 Å². The Morgan fingerprint density at radius 2 is 1.91 bits per heavy atom. The SMILES string of the molecule is C1=CC=NNC=C1.O=C(O)O. The van der Waals surface area contributed by atoms with E-state index in [2.05, 4.69) is 10.5 Å². The fourth-order valence-electron chi connectivity index (χ4n) is 0.342. The maximum absolute atomic E-state index is 8.56. The van der Waals surface area contributed by atoms with E-state index in [4.69, 9.17) is 15.0 Å². The van der Waals surface area contributed by atoms with Crippen molar-refractivity contribution in [3.8, 4) is 0 Å². The lowest BCUT2D eigenvalue weighted by Crippen LogP contribution is -1.89. The second-order valence-corrected chi connectivity index (χ2v) is 1.43. The third kappa shape index (κ3) is 11.7. The molecule has 0 atom stereocenters. The van der Waals surface area contributed by atoms with E-state index in [1.165, 1.54) is 0 Å². The van der Waals surface area contributed by atoms with E-state index in [0.29, 0.717) is 0 Å². The first-order valence-corrected chi connectivity index (χ1v) is 2.76. The van der Waals surface area contributed by atoms with Crippen molar-refractivity contribution in [1.29, 1.82) is 0 Å². The molecule has 11 heavy (non-hydrogen) atoms. The molecule has 1 aliphatic heterocycles. The molecule has 0 saturated heterocycles. The molecular weight excluding hydrogens is 148 g/mol. The normalized spacial score (nSPS) is 12.4. The number of carboxylic acid groups (broad SMARTS) is 2. The third-order valence-electron chi connectivity index (χ3n) is 0.628. The summed E-state index contributed by atoms with van der Waals surface area (Å²) in [6.07, 6.45) is 7.27. The average molecular weight is 156 g/mol. The molecule has 0 aromatic carbocycles. The third-order valence-corrected chi connectivity index (χ3v) is 0.628. The molecule has 1 heterocycles. The molecular formula is C6H8N2O3. The smallest absolute Gasteiger partial charge is 0.450 e. The lowest BCUT2D eigenvalue weighted by atomic mass is 10.5. The summed E-state index contributed by atoms with van der Waals surface area (Å²) in [5.74, 6) is 0. The Labute approximate surface area is 63.4 Å². The van der Waals surface area contributed by atoms with Crippen LogP contribution in [0.15, 0.2) is 29.5 Å². The average Bonchev–Trinajstić information content (AvgIpc) is 2.13. The molecule has 0 aromatic rings. The van der Waals surface area contributed by atoms with Crippen molar-refractivity contribution in [2.24, 2.45) is 5.10 Å². The number of rotatable bonds is 0. The molecule has 0 saturated carbocycles. The molecule has 0 bridgehead atoms. The fourth-order valence-corrected chi connectivity index (χ4v) is 0.342. The van der Waals surface area contributed by atoms with E-state index in [-0.39, 0.29) is 0 Å². The zero-order valence-electron chi connectivity index (χ0n) is 5.64. The van der Waals surface area contributed by atoms with Crippen molar-refractivity contribution in [1.82, 2.24) is 5.43 Å². The first kappa shape index (κ1) is 9.22. The van der Waals surface area contributed by atoms with Crippen LogP contribution in [0.25, 0.3) is 0 Å². The van der Waals surface area contributed by atoms with Crippen LogP contribution in [0.2, 0.25) is 0 Å². The summed E-state index contributed by atoms with van der Waals surface area (Å²) < 4.78 is 0. The predicted molar refractivity (Wildman–Crippen MR) is 40.6 cm³/mol. The highest BCUT2D eigenvalue weighted by molar-refractivity contribution is 5.71. The lowest BCUT2D eigenvalue weighted by molar-refractivity contribution is 0.137. The predicted octanol–water partition coefficient (Wildman–Crippen LogP) is 0.868. The van der Waals surface area contributed by atoms with Gasteiger partial charge in [-0.05, 0) is 12.2 Å². The van der Waals surface area contributed by atoms with E-state index in [0.717, 1.165) is 0 Å². The standard InChI is InChI=1S/C5H6N2.CH2O3/c1-2-4-6-7-5-3-1;2-1(3)4/h1-6H;(H2,2,3,4). The molecule has 0 unspecified atom stereocenters. The van der Waals surface area contributed by atoms with Gasteiger partial charge in [-0.25, -0.2) is 4.79 Å². The monoisotopic (exact) mass is 156 g/mol. The largest absolute Gasteiger partial charge is 0.503 e. The highest BCUT2D eigenvalue weighted by atomic mass is 16.6. The van der Waals surface area contributed by atoms with Crippen LogP contribution in [-0.4, -0.2) is 22.6 Å². The molecule has 0 radical (unpaired) electrons. The maximum Gasteiger partial charge on any atom is 0.503 e. The Bertz CT molecular complexity index is 178. The van der Waals surface area contributed by atoms with Crippen LogP contribution in [0, 0.1) is 0 Å². The summed E-state index contributed by atoms with van der Waals surface area (Å²) in [5.41, 5.74) is 2.67. The molecule has 5 heteroatoms. The van der Waals surface area contributed by atoms with Crippen LogP contribution in [0.4, 0.5) is 4.79 Å². The number of hydrazone groups is 1. The zero-order valence-corrected chi connectivity index (χ0v) is 5.64. The van der Waals surface area contributed by atoms with Crippen molar-refractivity contribution in [3.63, 3.8) is 0 Å². The molecule has 0 aliphatic carbocycles.